The number of carbonyl (C=O) groups excluding carboxylic acids is 1. The Hall–Kier alpha value is -2.63. The number of thioether (sulfide) groups is 1. The summed E-state index contributed by atoms with van der Waals surface area (Å²) in [7, 11) is 0. The van der Waals surface area contributed by atoms with Gasteiger partial charge in [-0.3, -0.25) is 14.7 Å². The number of rotatable bonds is 8. The van der Waals surface area contributed by atoms with Gasteiger partial charge in [-0.15, -0.1) is 11.8 Å². The Labute approximate surface area is 189 Å². The summed E-state index contributed by atoms with van der Waals surface area (Å²) in [5, 5.41) is 3.17. The zero-order valence-electron chi connectivity index (χ0n) is 18.0. The zero-order chi connectivity index (χ0) is 21.5. The van der Waals surface area contributed by atoms with Crippen molar-refractivity contribution in [3.63, 3.8) is 0 Å². The van der Waals surface area contributed by atoms with Gasteiger partial charge in [-0.25, -0.2) is 0 Å². The maximum atomic E-state index is 12.8. The van der Waals surface area contributed by atoms with Gasteiger partial charge in [0.1, 0.15) is 0 Å². The van der Waals surface area contributed by atoms with Gasteiger partial charge in [-0.2, -0.15) is 0 Å². The predicted octanol–water partition coefficient (Wildman–Crippen LogP) is 5.25. The van der Waals surface area contributed by atoms with Crippen LogP contribution in [0.5, 0.6) is 0 Å². The summed E-state index contributed by atoms with van der Waals surface area (Å²) in [6.07, 6.45) is 6.14. The second-order valence-electron chi connectivity index (χ2n) is 8.05. The Bertz CT molecular complexity index is 968. The Kier molecular flexibility index (Phi) is 7.39. The monoisotopic (exact) mass is 431 g/mol. The van der Waals surface area contributed by atoms with Crippen molar-refractivity contribution in [3.8, 4) is 0 Å². The van der Waals surface area contributed by atoms with Gasteiger partial charge in [0, 0.05) is 35.2 Å². The molecule has 0 spiro atoms. The van der Waals surface area contributed by atoms with E-state index < -0.39 is 0 Å². The average Bonchev–Trinajstić information content (AvgIpc) is 3.34. The van der Waals surface area contributed by atoms with Crippen LogP contribution in [0.25, 0.3) is 0 Å². The number of nitrogens with zero attached hydrogens (tertiary/aromatic N) is 2. The second-order valence-corrected chi connectivity index (χ2v) is 9.10. The molecule has 1 aromatic heterocycles. The van der Waals surface area contributed by atoms with Crippen LogP contribution in [0.3, 0.4) is 0 Å². The zero-order valence-corrected chi connectivity index (χ0v) is 18.8. The number of amides is 1. The maximum Gasteiger partial charge on any atom is 0.251 e. The Balaban J connectivity index is 1.35. The number of hydrogen-bond acceptors (Lipinski definition) is 4. The van der Waals surface area contributed by atoms with Crippen molar-refractivity contribution in [2.45, 2.75) is 36.5 Å². The number of hydrogen-bond donors (Lipinski definition) is 1. The SMILES string of the molecule is Cc1ccc(C(CNC(=O)c2ccc(SCc3cccnc3)cc2)N2CCCC2)cc1. The van der Waals surface area contributed by atoms with Gasteiger partial charge < -0.3 is 5.32 Å². The number of aromatic nitrogens is 1. The first-order valence-corrected chi connectivity index (χ1v) is 11.9. The minimum atomic E-state index is -0.0138. The first kappa shape index (κ1) is 21.6. The molecule has 0 saturated carbocycles. The van der Waals surface area contributed by atoms with Crippen molar-refractivity contribution < 1.29 is 4.79 Å². The van der Waals surface area contributed by atoms with E-state index in [9.17, 15) is 4.79 Å². The molecule has 0 radical (unpaired) electrons. The van der Waals surface area contributed by atoms with Crippen molar-refractivity contribution in [1.29, 1.82) is 0 Å². The summed E-state index contributed by atoms with van der Waals surface area (Å²) in [5.74, 6) is 0.855. The van der Waals surface area contributed by atoms with Crippen LogP contribution in [0.2, 0.25) is 0 Å². The standard InChI is InChI=1S/C26H29N3OS/c1-20-6-8-22(9-7-20)25(29-15-2-3-16-29)18-28-26(30)23-10-12-24(13-11-23)31-19-21-5-4-14-27-17-21/h4-14,17,25H,2-3,15-16,18-19H2,1H3,(H,28,30). The molecule has 1 fully saturated rings. The predicted molar refractivity (Wildman–Crippen MR) is 127 cm³/mol. The summed E-state index contributed by atoms with van der Waals surface area (Å²) in [5.41, 5.74) is 4.43. The number of nitrogens with one attached hydrogen (secondary N) is 1. The first-order valence-electron chi connectivity index (χ1n) is 10.9. The minimum Gasteiger partial charge on any atom is -0.350 e. The molecule has 1 N–H and O–H groups in total. The molecule has 2 heterocycles. The lowest BCUT2D eigenvalue weighted by atomic mass is 10.0. The Morgan fingerprint density at radius 1 is 1.06 bits per heavy atom. The summed E-state index contributed by atoms with van der Waals surface area (Å²) >= 11 is 1.75. The third kappa shape index (κ3) is 5.96. The van der Waals surface area contributed by atoms with Crippen LogP contribution in [0.1, 0.15) is 45.9 Å². The van der Waals surface area contributed by atoms with Crippen LogP contribution in [0.15, 0.2) is 78.0 Å². The molecule has 160 valence electrons. The molecule has 2 aromatic carbocycles. The van der Waals surface area contributed by atoms with Gasteiger partial charge in [0.15, 0.2) is 0 Å². The quantitative estimate of drug-likeness (QED) is 0.495. The van der Waals surface area contributed by atoms with Crippen LogP contribution in [-0.2, 0) is 5.75 Å². The molecule has 1 aliphatic rings. The van der Waals surface area contributed by atoms with Crippen molar-refractivity contribution in [1.82, 2.24) is 15.2 Å². The van der Waals surface area contributed by atoms with E-state index in [0.717, 1.165) is 23.7 Å². The summed E-state index contributed by atoms with van der Waals surface area (Å²) in [6.45, 7) is 4.92. The largest absolute Gasteiger partial charge is 0.350 e. The van der Waals surface area contributed by atoms with Crippen LogP contribution in [-0.4, -0.2) is 35.4 Å². The number of likely N-dealkylation sites (tertiary alicyclic amines) is 1. The molecule has 3 aromatic rings. The van der Waals surface area contributed by atoms with Crippen LogP contribution >= 0.6 is 11.8 Å². The molecule has 31 heavy (non-hydrogen) atoms. The highest BCUT2D eigenvalue weighted by Gasteiger charge is 2.24. The van der Waals surface area contributed by atoms with E-state index in [1.807, 2.05) is 36.5 Å². The molecule has 1 unspecified atom stereocenters. The Morgan fingerprint density at radius 3 is 2.48 bits per heavy atom. The van der Waals surface area contributed by atoms with Crippen LogP contribution < -0.4 is 5.32 Å². The van der Waals surface area contributed by atoms with Gasteiger partial charge in [0.2, 0.25) is 0 Å². The highest BCUT2D eigenvalue weighted by molar-refractivity contribution is 7.98. The molecule has 0 bridgehead atoms. The normalized spacial score (nSPS) is 15.0. The van der Waals surface area contributed by atoms with E-state index in [0.29, 0.717) is 12.1 Å². The fourth-order valence-electron chi connectivity index (χ4n) is 3.94. The molecule has 1 saturated heterocycles. The molecule has 1 atom stereocenters. The molecule has 5 heteroatoms. The second kappa shape index (κ2) is 10.6. The average molecular weight is 432 g/mol. The van der Waals surface area contributed by atoms with Crippen molar-refractivity contribution in [3.05, 3.63) is 95.3 Å². The van der Waals surface area contributed by atoms with Crippen molar-refractivity contribution >= 4 is 17.7 Å². The van der Waals surface area contributed by atoms with Gasteiger partial charge in [0.05, 0.1) is 6.04 Å². The third-order valence-electron chi connectivity index (χ3n) is 5.74. The molecular formula is C26H29N3OS. The summed E-state index contributed by atoms with van der Waals surface area (Å²) in [6, 6.07) is 20.8. The van der Waals surface area contributed by atoms with E-state index in [2.05, 4.69) is 52.5 Å². The van der Waals surface area contributed by atoms with E-state index in [1.54, 1.807) is 18.0 Å². The Morgan fingerprint density at radius 2 is 1.81 bits per heavy atom. The lowest BCUT2D eigenvalue weighted by molar-refractivity contribution is 0.0938. The molecular weight excluding hydrogens is 402 g/mol. The van der Waals surface area contributed by atoms with Crippen molar-refractivity contribution in [2.24, 2.45) is 0 Å². The number of carbonyl (C=O) groups is 1. The van der Waals surface area contributed by atoms with Gasteiger partial charge in [-0.1, -0.05) is 35.9 Å². The third-order valence-corrected chi connectivity index (χ3v) is 6.83. The first-order chi connectivity index (χ1) is 15.2. The van der Waals surface area contributed by atoms with Crippen molar-refractivity contribution in [2.75, 3.05) is 19.6 Å². The molecule has 4 nitrogen and oxygen atoms in total. The summed E-state index contributed by atoms with van der Waals surface area (Å²) in [4.78, 5) is 20.6. The molecule has 1 aliphatic heterocycles. The smallest absolute Gasteiger partial charge is 0.251 e. The van der Waals surface area contributed by atoms with Crippen LogP contribution in [0.4, 0.5) is 0 Å². The summed E-state index contributed by atoms with van der Waals surface area (Å²) < 4.78 is 0. The molecule has 1 amide bonds. The topological polar surface area (TPSA) is 45.2 Å². The highest BCUT2D eigenvalue weighted by Crippen LogP contribution is 2.26. The lowest BCUT2D eigenvalue weighted by Crippen LogP contribution is -2.36. The van der Waals surface area contributed by atoms with Crippen LogP contribution in [0, 0.1) is 6.92 Å². The number of aryl methyl sites for hydroxylation is 1. The van der Waals surface area contributed by atoms with E-state index in [1.165, 1.54) is 29.5 Å². The minimum absolute atomic E-state index is 0.0138. The number of pyridine rings is 1. The van der Waals surface area contributed by atoms with E-state index >= 15 is 0 Å². The van der Waals surface area contributed by atoms with Gasteiger partial charge in [-0.05, 0) is 74.3 Å². The number of benzene rings is 2. The highest BCUT2D eigenvalue weighted by atomic mass is 32.2. The maximum absolute atomic E-state index is 12.8. The lowest BCUT2D eigenvalue weighted by Gasteiger charge is -2.28. The van der Waals surface area contributed by atoms with Gasteiger partial charge >= 0.3 is 0 Å². The van der Waals surface area contributed by atoms with E-state index in [4.69, 9.17) is 0 Å². The molecule has 0 aliphatic carbocycles. The van der Waals surface area contributed by atoms with E-state index in [-0.39, 0.29) is 11.9 Å². The molecule has 4 rings (SSSR count). The fourth-order valence-corrected chi connectivity index (χ4v) is 4.78. The fraction of sp³-hybridized carbons (Fsp3) is 0.308. The van der Waals surface area contributed by atoms with Gasteiger partial charge in [0.25, 0.3) is 5.91 Å².